The van der Waals surface area contributed by atoms with E-state index in [1.807, 2.05) is 24.3 Å². The zero-order chi connectivity index (χ0) is 12.5. The summed E-state index contributed by atoms with van der Waals surface area (Å²) in [6.07, 6.45) is 1.39. The number of hydrogen-bond donors (Lipinski definition) is 0. The highest BCUT2D eigenvalue weighted by molar-refractivity contribution is 9.10. The summed E-state index contributed by atoms with van der Waals surface area (Å²) in [4.78, 5) is 4.25. The Morgan fingerprint density at radius 3 is 2.94 bits per heavy atom. The number of aromatic nitrogens is 1. The minimum Gasteiger partial charge on any atom is -0.485 e. The maximum Gasteiger partial charge on any atom is 0.176 e. The Labute approximate surface area is 118 Å². The number of rotatable bonds is 1. The molecule has 1 aliphatic rings. The number of nitrogens with zero attached hydrogens (tertiary/aromatic N) is 1. The van der Waals surface area contributed by atoms with Crippen LogP contribution < -0.4 is 9.47 Å². The number of halogens is 2. The van der Waals surface area contributed by atoms with E-state index in [0.717, 1.165) is 15.9 Å². The highest BCUT2D eigenvalue weighted by atomic mass is 79.9. The van der Waals surface area contributed by atoms with E-state index in [2.05, 4.69) is 20.9 Å². The van der Waals surface area contributed by atoms with Crippen LogP contribution in [0.15, 0.2) is 41.0 Å². The summed E-state index contributed by atoms with van der Waals surface area (Å²) >= 11 is 9.26. The van der Waals surface area contributed by atoms with Gasteiger partial charge in [-0.05, 0) is 40.2 Å². The molecule has 1 atom stereocenters. The summed E-state index contributed by atoms with van der Waals surface area (Å²) < 4.78 is 12.5. The van der Waals surface area contributed by atoms with Crippen molar-refractivity contribution in [2.45, 2.75) is 6.10 Å². The molecule has 0 bridgehead atoms. The lowest BCUT2D eigenvalue weighted by molar-refractivity contribution is 0.0873. The van der Waals surface area contributed by atoms with E-state index in [1.54, 1.807) is 12.3 Å². The predicted octanol–water partition coefficient (Wildman–Crippen LogP) is 4.01. The van der Waals surface area contributed by atoms with Gasteiger partial charge in [-0.25, -0.2) is 0 Å². The van der Waals surface area contributed by atoms with Gasteiger partial charge in [0.05, 0.1) is 15.2 Å². The van der Waals surface area contributed by atoms with E-state index in [9.17, 15) is 0 Å². The summed E-state index contributed by atoms with van der Waals surface area (Å²) in [5.41, 5.74) is 0.806. The molecule has 1 aromatic carbocycles. The molecule has 0 aliphatic carbocycles. The molecule has 5 heteroatoms. The molecule has 0 spiro atoms. The molecule has 3 rings (SSSR count). The fourth-order valence-electron chi connectivity index (χ4n) is 1.78. The van der Waals surface area contributed by atoms with Crippen LogP contribution in [-0.2, 0) is 0 Å². The Kier molecular flexibility index (Phi) is 3.14. The van der Waals surface area contributed by atoms with Crippen LogP contribution in [0.5, 0.6) is 11.5 Å². The first-order valence-electron chi connectivity index (χ1n) is 5.43. The van der Waals surface area contributed by atoms with Crippen molar-refractivity contribution in [2.75, 3.05) is 6.61 Å². The molecule has 0 saturated carbocycles. The molecular formula is C13H9BrClNO2. The number of benzene rings is 1. The van der Waals surface area contributed by atoms with Crippen molar-refractivity contribution in [2.24, 2.45) is 0 Å². The molecule has 92 valence electrons. The average Bonchev–Trinajstić information content (AvgIpc) is 2.40. The van der Waals surface area contributed by atoms with Gasteiger partial charge in [0.2, 0.25) is 0 Å². The Bertz CT molecular complexity index is 574. The fraction of sp³-hybridized carbons (Fsp3) is 0.154. The van der Waals surface area contributed by atoms with E-state index in [-0.39, 0.29) is 6.10 Å². The highest BCUT2D eigenvalue weighted by Crippen LogP contribution is 2.41. The van der Waals surface area contributed by atoms with Crippen molar-refractivity contribution in [3.63, 3.8) is 0 Å². The number of ether oxygens (including phenoxy) is 2. The van der Waals surface area contributed by atoms with Crippen LogP contribution >= 0.6 is 27.5 Å². The van der Waals surface area contributed by atoms with Crippen molar-refractivity contribution in [3.8, 4) is 11.5 Å². The first-order chi connectivity index (χ1) is 8.74. The van der Waals surface area contributed by atoms with Crippen molar-refractivity contribution < 1.29 is 9.47 Å². The van der Waals surface area contributed by atoms with Gasteiger partial charge in [0.25, 0.3) is 0 Å². The van der Waals surface area contributed by atoms with Crippen LogP contribution in [0.4, 0.5) is 0 Å². The Morgan fingerprint density at radius 1 is 1.28 bits per heavy atom. The van der Waals surface area contributed by atoms with Gasteiger partial charge in [0.15, 0.2) is 17.6 Å². The van der Waals surface area contributed by atoms with Gasteiger partial charge in [-0.2, -0.15) is 0 Å². The summed E-state index contributed by atoms with van der Waals surface area (Å²) in [5, 5.41) is 0.608. The second kappa shape index (κ2) is 4.78. The quantitative estimate of drug-likeness (QED) is 0.793. The smallest absolute Gasteiger partial charge is 0.176 e. The fourth-order valence-corrected chi connectivity index (χ4v) is 2.34. The minimum atomic E-state index is -0.214. The van der Waals surface area contributed by atoms with Crippen LogP contribution in [0.3, 0.4) is 0 Å². The third kappa shape index (κ3) is 2.18. The minimum absolute atomic E-state index is 0.214. The molecule has 1 aliphatic heterocycles. The van der Waals surface area contributed by atoms with Crippen LogP contribution in [-0.4, -0.2) is 11.6 Å². The topological polar surface area (TPSA) is 31.4 Å². The monoisotopic (exact) mass is 325 g/mol. The van der Waals surface area contributed by atoms with Gasteiger partial charge in [-0.15, -0.1) is 0 Å². The van der Waals surface area contributed by atoms with E-state index in [4.69, 9.17) is 21.1 Å². The number of fused-ring (bicyclic) bond motifs is 1. The zero-order valence-corrected chi connectivity index (χ0v) is 11.6. The third-order valence-corrected chi connectivity index (χ3v) is 3.51. The summed E-state index contributed by atoms with van der Waals surface area (Å²) in [7, 11) is 0. The normalized spacial score (nSPS) is 17.6. The van der Waals surface area contributed by atoms with E-state index in [0.29, 0.717) is 17.4 Å². The maximum atomic E-state index is 5.91. The molecule has 0 saturated heterocycles. The van der Waals surface area contributed by atoms with Crippen LogP contribution in [0.25, 0.3) is 0 Å². The van der Waals surface area contributed by atoms with Crippen molar-refractivity contribution in [3.05, 3.63) is 51.7 Å². The standard InChI is InChI=1S/C13H9BrClNO2/c14-9-2-1-3-11-13(9)18-12(7-17-11)10-5-4-8(15)6-16-10/h1-6,12H,7H2. The van der Waals surface area contributed by atoms with Gasteiger partial charge in [-0.3, -0.25) is 4.98 Å². The van der Waals surface area contributed by atoms with Crippen molar-refractivity contribution >= 4 is 27.5 Å². The number of hydrogen-bond acceptors (Lipinski definition) is 3. The molecule has 0 radical (unpaired) electrons. The molecular weight excluding hydrogens is 318 g/mol. The lowest BCUT2D eigenvalue weighted by Gasteiger charge is -2.26. The highest BCUT2D eigenvalue weighted by Gasteiger charge is 2.25. The zero-order valence-electron chi connectivity index (χ0n) is 9.27. The van der Waals surface area contributed by atoms with E-state index < -0.39 is 0 Å². The Morgan fingerprint density at radius 2 is 2.17 bits per heavy atom. The lowest BCUT2D eigenvalue weighted by Crippen LogP contribution is -2.22. The Balaban J connectivity index is 1.90. The van der Waals surface area contributed by atoms with Crippen LogP contribution in [0, 0.1) is 0 Å². The van der Waals surface area contributed by atoms with E-state index >= 15 is 0 Å². The molecule has 1 aromatic heterocycles. The summed E-state index contributed by atoms with van der Waals surface area (Å²) in [5.74, 6) is 1.46. The molecule has 2 aromatic rings. The van der Waals surface area contributed by atoms with Gasteiger partial charge in [0.1, 0.15) is 6.61 Å². The summed E-state index contributed by atoms with van der Waals surface area (Å²) in [6, 6.07) is 9.35. The van der Waals surface area contributed by atoms with Crippen LogP contribution in [0.2, 0.25) is 5.02 Å². The molecule has 18 heavy (non-hydrogen) atoms. The molecule has 3 nitrogen and oxygen atoms in total. The SMILES string of the molecule is Clc1ccc(C2COc3cccc(Br)c3O2)nc1. The molecule has 0 amide bonds. The summed E-state index contributed by atoms with van der Waals surface area (Å²) in [6.45, 7) is 0.443. The molecule has 0 fully saturated rings. The van der Waals surface area contributed by atoms with Gasteiger partial charge < -0.3 is 9.47 Å². The van der Waals surface area contributed by atoms with Crippen LogP contribution in [0.1, 0.15) is 11.8 Å². The molecule has 0 N–H and O–H groups in total. The Hall–Kier alpha value is -1.26. The first-order valence-corrected chi connectivity index (χ1v) is 6.60. The maximum absolute atomic E-state index is 5.91. The molecule has 2 heterocycles. The number of pyridine rings is 1. The van der Waals surface area contributed by atoms with Crippen molar-refractivity contribution in [1.82, 2.24) is 4.98 Å². The first kappa shape index (κ1) is 11.8. The lowest BCUT2D eigenvalue weighted by atomic mass is 10.2. The second-order valence-corrected chi connectivity index (χ2v) is 5.18. The predicted molar refractivity (Wildman–Crippen MR) is 72.3 cm³/mol. The average molecular weight is 327 g/mol. The van der Waals surface area contributed by atoms with Gasteiger partial charge >= 0.3 is 0 Å². The number of para-hydroxylation sites is 1. The third-order valence-electron chi connectivity index (χ3n) is 2.66. The van der Waals surface area contributed by atoms with Gasteiger partial charge in [0, 0.05) is 6.20 Å². The second-order valence-electron chi connectivity index (χ2n) is 3.89. The van der Waals surface area contributed by atoms with Crippen molar-refractivity contribution in [1.29, 1.82) is 0 Å². The van der Waals surface area contributed by atoms with E-state index in [1.165, 1.54) is 0 Å². The van der Waals surface area contributed by atoms with Gasteiger partial charge in [-0.1, -0.05) is 17.7 Å². The largest absolute Gasteiger partial charge is 0.485 e. The molecule has 1 unspecified atom stereocenters.